The molecule has 4 aromatic rings. The molecule has 6 nitrogen and oxygen atoms in total. The van der Waals surface area contributed by atoms with Gasteiger partial charge in [-0.25, -0.2) is 0 Å². The maximum Gasteiger partial charge on any atom is 0.208 e. The molecule has 0 unspecified atom stereocenters. The van der Waals surface area contributed by atoms with Crippen LogP contribution in [-0.4, -0.2) is 25.5 Å². The summed E-state index contributed by atoms with van der Waals surface area (Å²) in [6.07, 6.45) is 0. The van der Waals surface area contributed by atoms with E-state index in [9.17, 15) is 25.5 Å². The number of nitrogens with one attached hydrogen (secondary N) is 1. The minimum Gasteiger partial charge on any atom is -0.504 e. The second-order valence-electron chi connectivity index (χ2n) is 6.76. The van der Waals surface area contributed by atoms with Gasteiger partial charge in [0.1, 0.15) is 0 Å². The molecule has 0 atom stereocenters. The van der Waals surface area contributed by atoms with Gasteiger partial charge in [-0.1, -0.05) is 54.6 Å². The molecule has 0 radical (unpaired) electrons. The summed E-state index contributed by atoms with van der Waals surface area (Å²) in [5.41, 5.74) is 4.05. The molecular formula is C24H19NO5. The Bertz CT molecular complexity index is 1160. The van der Waals surface area contributed by atoms with Crippen molar-refractivity contribution in [2.75, 3.05) is 5.32 Å². The van der Waals surface area contributed by atoms with Crippen molar-refractivity contribution in [1.82, 2.24) is 0 Å². The zero-order chi connectivity index (χ0) is 21.3. The molecule has 0 aliphatic carbocycles. The second kappa shape index (κ2) is 7.60. The molecule has 0 amide bonds. The number of anilines is 2. The van der Waals surface area contributed by atoms with E-state index in [1.807, 2.05) is 54.6 Å². The fraction of sp³-hybridized carbons (Fsp3) is 0. The predicted molar refractivity (Wildman–Crippen MR) is 115 cm³/mol. The van der Waals surface area contributed by atoms with E-state index < -0.39 is 28.7 Å². The molecule has 0 saturated carbocycles. The van der Waals surface area contributed by atoms with Crippen LogP contribution in [0.15, 0.2) is 78.9 Å². The molecule has 0 heterocycles. The molecule has 6 N–H and O–H groups in total. The summed E-state index contributed by atoms with van der Waals surface area (Å²) in [6.45, 7) is 0. The molecular weight excluding hydrogens is 382 g/mol. The van der Waals surface area contributed by atoms with Crippen LogP contribution in [0.1, 0.15) is 0 Å². The van der Waals surface area contributed by atoms with Gasteiger partial charge < -0.3 is 30.8 Å². The molecule has 0 aliphatic heterocycles. The lowest BCUT2D eigenvalue weighted by atomic mass is 10.0. The number of benzene rings is 4. The van der Waals surface area contributed by atoms with Crippen molar-refractivity contribution in [3.63, 3.8) is 0 Å². The summed E-state index contributed by atoms with van der Waals surface area (Å²) in [7, 11) is 0. The van der Waals surface area contributed by atoms with Gasteiger partial charge >= 0.3 is 0 Å². The van der Waals surface area contributed by atoms with Crippen LogP contribution in [0.5, 0.6) is 28.7 Å². The highest BCUT2D eigenvalue weighted by atomic mass is 16.4. The van der Waals surface area contributed by atoms with Gasteiger partial charge in [0.05, 0.1) is 5.56 Å². The minimum absolute atomic E-state index is 0.179. The maximum atomic E-state index is 10.1. The van der Waals surface area contributed by atoms with E-state index in [0.717, 1.165) is 22.5 Å². The number of phenols is 5. The fourth-order valence-electron chi connectivity index (χ4n) is 3.22. The van der Waals surface area contributed by atoms with Crippen molar-refractivity contribution in [3.8, 4) is 51.0 Å². The quantitative estimate of drug-likeness (QED) is 0.205. The largest absolute Gasteiger partial charge is 0.504 e. The van der Waals surface area contributed by atoms with Gasteiger partial charge in [-0.05, 0) is 41.0 Å². The molecule has 4 aromatic carbocycles. The molecule has 150 valence electrons. The molecule has 0 spiro atoms. The predicted octanol–water partition coefficient (Wildman–Crippen LogP) is 5.29. The van der Waals surface area contributed by atoms with E-state index in [1.165, 1.54) is 0 Å². The first-order chi connectivity index (χ1) is 14.5. The minimum atomic E-state index is -0.981. The SMILES string of the molecule is Oc1c(O)c(O)c(-c2ccc(Nc3ccc(-c4ccccc4)cc3)cc2)c(O)c1O. The van der Waals surface area contributed by atoms with Crippen LogP contribution in [0.2, 0.25) is 0 Å². The summed E-state index contributed by atoms with van der Waals surface area (Å²) < 4.78 is 0. The normalized spacial score (nSPS) is 10.7. The topological polar surface area (TPSA) is 113 Å². The summed E-state index contributed by atoms with van der Waals surface area (Å²) in [5, 5.41) is 52.3. The summed E-state index contributed by atoms with van der Waals surface area (Å²) in [6, 6.07) is 24.7. The van der Waals surface area contributed by atoms with Crippen LogP contribution in [-0.2, 0) is 0 Å². The van der Waals surface area contributed by atoms with E-state index in [0.29, 0.717) is 5.56 Å². The van der Waals surface area contributed by atoms with Gasteiger partial charge in [0.2, 0.25) is 17.2 Å². The number of hydrogen-bond acceptors (Lipinski definition) is 6. The third-order valence-corrected chi connectivity index (χ3v) is 4.83. The van der Waals surface area contributed by atoms with Crippen LogP contribution in [0.3, 0.4) is 0 Å². The van der Waals surface area contributed by atoms with Crippen molar-refractivity contribution < 1.29 is 25.5 Å². The number of hydrogen-bond donors (Lipinski definition) is 6. The maximum absolute atomic E-state index is 10.1. The first kappa shape index (κ1) is 19.0. The standard InChI is InChI=1S/C24H19NO5/c26-20-19(21(27)23(29)24(30)22(20)28)16-8-12-18(13-9-16)25-17-10-6-15(7-11-17)14-4-2-1-3-5-14/h1-13,25-30H. The first-order valence-corrected chi connectivity index (χ1v) is 9.17. The van der Waals surface area contributed by atoms with Crippen molar-refractivity contribution >= 4 is 11.4 Å². The summed E-state index contributed by atoms with van der Waals surface area (Å²) >= 11 is 0. The lowest BCUT2D eigenvalue weighted by molar-refractivity contribution is 0.330. The number of rotatable bonds is 4. The molecule has 0 saturated heterocycles. The van der Waals surface area contributed by atoms with Crippen molar-refractivity contribution in [2.24, 2.45) is 0 Å². The number of aromatic hydroxyl groups is 5. The van der Waals surface area contributed by atoms with E-state index in [2.05, 4.69) is 5.32 Å². The van der Waals surface area contributed by atoms with Crippen molar-refractivity contribution in [3.05, 3.63) is 78.9 Å². The molecule has 6 heteroatoms. The zero-order valence-electron chi connectivity index (χ0n) is 15.7. The Morgan fingerprint density at radius 2 is 0.800 bits per heavy atom. The van der Waals surface area contributed by atoms with Crippen LogP contribution in [0.25, 0.3) is 22.3 Å². The Hall–Kier alpha value is -4.32. The summed E-state index contributed by atoms with van der Waals surface area (Å²) in [5.74, 6) is -4.23. The average Bonchev–Trinajstić information content (AvgIpc) is 2.79. The first-order valence-electron chi connectivity index (χ1n) is 9.17. The Kier molecular flexibility index (Phi) is 4.82. The van der Waals surface area contributed by atoms with Gasteiger partial charge in [0, 0.05) is 11.4 Å². The highest BCUT2D eigenvalue weighted by molar-refractivity contribution is 5.85. The smallest absolute Gasteiger partial charge is 0.208 e. The van der Waals surface area contributed by atoms with Gasteiger partial charge in [0.15, 0.2) is 11.5 Å². The molecule has 30 heavy (non-hydrogen) atoms. The Labute approximate surface area is 172 Å². The lowest BCUT2D eigenvalue weighted by Gasteiger charge is -2.13. The average molecular weight is 401 g/mol. The second-order valence-corrected chi connectivity index (χ2v) is 6.76. The Morgan fingerprint density at radius 1 is 0.400 bits per heavy atom. The van der Waals surface area contributed by atoms with E-state index in [4.69, 9.17) is 0 Å². The van der Waals surface area contributed by atoms with Crippen LogP contribution in [0, 0.1) is 0 Å². The monoisotopic (exact) mass is 401 g/mol. The Morgan fingerprint density at radius 3 is 1.30 bits per heavy atom. The van der Waals surface area contributed by atoms with Crippen LogP contribution >= 0.6 is 0 Å². The van der Waals surface area contributed by atoms with Crippen molar-refractivity contribution in [1.29, 1.82) is 0 Å². The summed E-state index contributed by atoms with van der Waals surface area (Å²) in [4.78, 5) is 0. The van der Waals surface area contributed by atoms with Gasteiger partial charge in [-0.3, -0.25) is 0 Å². The van der Waals surface area contributed by atoms with E-state index >= 15 is 0 Å². The highest BCUT2D eigenvalue weighted by Crippen LogP contribution is 2.54. The van der Waals surface area contributed by atoms with E-state index in [-0.39, 0.29) is 5.56 Å². The highest BCUT2D eigenvalue weighted by Gasteiger charge is 2.24. The fourth-order valence-corrected chi connectivity index (χ4v) is 3.22. The Balaban J connectivity index is 1.57. The molecule has 0 fully saturated rings. The molecule has 0 aliphatic rings. The van der Waals surface area contributed by atoms with Crippen LogP contribution < -0.4 is 5.32 Å². The zero-order valence-corrected chi connectivity index (χ0v) is 15.7. The van der Waals surface area contributed by atoms with Gasteiger partial charge in [-0.15, -0.1) is 0 Å². The van der Waals surface area contributed by atoms with Gasteiger partial charge in [0.25, 0.3) is 0 Å². The van der Waals surface area contributed by atoms with E-state index in [1.54, 1.807) is 24.3 Å². The molecule has 0 aromatic heterocycles. The molecule has 0 bridgehead atoms. The third kappa shape index (κ3) is 3.42. The number of phenolic OH excluding ortho intramolecular Hbond substituents is 5. The lowest BCUT2D eigenvalue weighted by Crippen LogP contribution is -1.91. The van der Waals surface area contributed by atoms with Crippen molar-refractivity contribution in [2.45, 2.75) is 0 Å². The molecule has 4 rings (SSSR count). The third-order valence-electron chi connectivity index (χ3n) is 4.83. The van der Waals surface area contributed by atoms with Gasteiger partial charge in [-0.2, -0.15) is 0 Å². The van der Waals surface area contributed by atoms with Crippen LogP contribution in [0.4, 0.5) is 11.4 Å².